The molecule has 0 unspecified atom stereocenters. The average molecular weight is 490 g/mol. The molecule has 3 rings (SSSR count). The molecule has 8 nitrogen and oxygen atoms in total. The molecule has 0 spiro atoms. The molecule has 2 aromatic carbocycles. The first-order chi connectivity index (χ1) is 15.0. The summed E-state index contributed by atoms with van der Waals surface area (Å²) in [6, 6.07) is 12.6. The summed E-state index contributed by atoms with van der Waals surface area (Å²) in [5.74, 6) is 1.01. The van der Waals surface area contributed by atoms with Crippen molar-refractivity contribution in [2.45, 2.75) is 6.42 Å². The number of amides is 2. The predicted octanol–water partition coefficient (Wildman–Crippen LogP) is 2.39. The number of carbonyl (C=O) groups excluding carboxylic acids is 2. The average Bonchev–Trinajstić information content (AvgIpc) is 2.79. The Hall–Kier alpha value is -2.91. The van der Waals surface area contributed by atoms with Crippen molar-refractivity contribution in [1.82, 2.24) is 10.3 Å². The molecular weight excluding hydrogens is 466 g/mol. The zero-order valence-corrected chi connectivity index (χ0v) is 18.8. The SMILES string of the molecule is COc1ccc(CC(=O)NN=Cc2ccc(OCC(=O)N3CCOCC3)c(Br)c2)cc1. The Balaban J connectivity index is 1.46. The zero-order valence-electron chi connectivity index (χ0n) is 17.2. The van der Waals surface area contributed by atoms with E-state index in [9.17, 15) is 9.59 Å². The molecule has 1 fully saturated rings. The second-order valence-corrected chi connectivity index (χ2v) is 7.64. The summed E-state index contributed by atoms with van der Waals surface area (Å²) in [4.78, 5) is 25.9. The van der Waals surface area contributed by atoms with Crippen LogP contribution in [0.15, 0.2) is 52.0 Å². The predicted molar refractivity (Wildman–Crippen MR) is 119 cm³/mol. The maximum atomic E-state index is 12.2. The summed E-state index contributed by atoms with van der Waals surface area (Å²) in [6.45, 7) is 2.25. The molecule has 1 aliphatic heterocycles. The van der Waals surface area contributed by atoms with Crippen LogP contribution in [-0.4, -0.2) is 62.9 Å². The largest absolute Gasteiger partial charge is 0.497 e. The van der Waals surface area contributed by atoms with Crippen LogP contribution >= 0.6 is 15.9 Å². The highest BCUT2D eigenvalue weighted by molar-refractivity contribution is 9.10. The van der Waals surface area contributed by atoms with Gasteiger partial charge in [-0.05, 0) is 57.4 Å². The molecule has 2 aromatic rings. The van der Waals surface area contributed by atoms with E-state index in [-0.39, 0.29) is 24.8 Å². The van der Waals surface area contributed by atoms with Crippen molar-refractivity contribution >= 4 is 34.0 Å². The van der Waals surface area contributed by atoms with E-state index in [4.69, 9.17) is 14.2 Å². The Morgan fingerprint density at radius 2 is 1.94 bits per heavy atom. The summed E-state index contributed by atoms with van der Waals surface area (Å²) >= 11 is 3.44. The van der Waals surface area contributed by atoms with Crippen LogP contribution in [0.2, 0.25) is 0 Å². The number of benzene rings is 2. The van der Waals surface area contributed by atoms with Crippen LogP contribution in [-0.2, 0) is 20.7 Å². The van der Waals surface area contributed by atoms with Gasteiger partial charge in [0.1, 0.15) is 11.5 Å². The van der Waals surface area contributed by atoms with E-state index >= 15 is 0 Å². The smallest absolute Gasteiger partial charge is 0.260 e. The summed E-state index contributed by atoms with van der Waals surface area (Å²) in [5.41, 5.74) is 4.14. The van der Waals surface area contributed by atoms with Crippen LogP contribution in [0.3, 0.4) is 0 Å². The molecule has 0 saturated carbocycles. The molecule has 1 saturated heterocycles. The first-order valence-electron chi connectivity index (χ1n) is 9.78. The quantitative estimate of drug-likeness (QED) is 0.454. The third kappa shape index (κ3) is 7.08. The molecule has 1 heterocycles. The Bertz CT molecular complexity index is 927. The summed E-state index contributed by atoms with van der Waals surface area (Å²) in [6.07, 6.45) is 1.76. The monoisotopic (exact) mass is 489 g/mol. The van der Waals surface area contributed by atoms with Gasteiger partial charge in [-0.15, -0.1) is 0 Å². The Morgan fingerprint density at radius 3 is 2.61 bits per heavy atom. The van der Waals surface area contributed by atoms with Gasteiger partial charge in [-0.2, -0.15) is 5.10 Å². The lowest BCUT2D eigenvalue weighted by Crippen LogP contribution is -2.43. The second-order valence-electron chi connectivity index (χ2n) is 6.79. The Labute approximate surface area is 189 Å². The highest BCUT2D eigenvalue weighted by Gasteiger charge is 2.17. The highest BCUT2D eigenvalue weighted by Crippen LogP contribution is 2.25. The molecule has 31 heavy (non-hydrogen) atoms. The molecule has 0 bridgehead atoms. The van der Waals surface area contributed by atoms with Gasteiger partial charge in [0, 0.05) is 13.1 Å². The standard InChI is InChI=1S/C22H24BrN3O5/c1-29-18-5-2-16(3-6-18)13-21(27)25-24-14-17-4-7-20(19(23)12-17)31-15-22(28)26-8-10-30-11-9-26/h2-7,12,14H,8-11,13,15H2,1H3,(H,25,27). The van der Waals surface area contributed by atoms with Gasteiger partial charge in [-0.1, -0.05) is 12.1 Å². The van der Waals surface area contributed by atoms with E-state index < -0.39 is 0 Å². The Kier molecular flexibility index (Phi) is 8.43. The van der Waals surface area contributed by atoms with Crippen LogP contribution < -0.4 is 14.9 Å². The van der Waals surface area contributed by atoms with Crippen LogP contribution in [0.5, 0.6) is 11.5 Å². The fourth-order valence-corrected chi connectivity index (χ4v) is 3.42. The summed E-state index contributed by atoms with van der Waals surface area (Å²) < 4.78 is 16.7. The number of hydrazone groups is 1. The van der Waals surface area contributed by atoms with E-state index in [2.05, 4.69) is 26.5 Å². The first-order valence-corrected chi connectivity index (χ1v) is 10.6. The lowest BCUT2D eigenvalue weighted by molar-refractivity contribution is -0.137. The van der Waals surface area contributed by atoms with E-state index in [1.54, 1.807) is 36.4 Å². The van der Waals surface area contributed by atoms with Gasteiger partial charge in [0.2, 0.25) is 5.91 Å². The van der Waals surface area contributed by atoms with Crippen molar-refractivity contribution in [1.29, 1.82) is 0 Å². The summed E-state index contributed by atoms with van der Waals surface area (Å²) in [7, 11) is 1.60. The van der Waals surface area contributed by atoms with Crippen LogP contribution in [0.25, 0.3) is 0 Å². The normalized spacial score (nSPS) is 13.8. The van der Waals surface area contributed by atoms with Gasteiger partial charge in [-0.3, -0.25) is 9.59 Å². The van der Waals surface area contributed by atoms with Crippen molar-refractivity contribution in [2.24, 2.45) is 5.10 Å². The second kappa shape index (κ2) is 11.5. The minimum absolute atomic E-state index is 0.0343. The number of rotatable bonds is 8. The molecule has 164 valence electrons. The number of hydrogen-bond acceptors (Lipinski definition) is 6. The van der Waals surface area contributed by atoms with Crippen molar-refractivity contribution in [2.75, 3.05) is 40.0 Å². The number of nitrogens with zero attached hydrogens (tertiary/aromatic N) is 2. The molecule has 1 N–H and O–H groups in total. The number of hydrogen-bond donors (Lipinski definition) is 1. The van der Waals surface area contributed by atoms with Gasteiger partial charge in [0.15, 0.2) is 6.61 Å². The number of carbonyl (C=O) groups is 2. The van der Waals surface area contributed by atoms with Gasteiger partial charge in [0.25, 0.3) is 5.91 Å². The summed E-state index contributed by atoms with van der Waals surface area (Å²) in [5, 5.41) is 3.99. The lowest BCUT2D eigenvalue weighted by Gasteiger charge is -2.26. The number of morpholine rings is 1. The van der Waals surface area contributed by atoms with Gasteiger partial charge in [-0.25, -0.2) is 5.43 Å². The molecule has 0 aliphatic carbocycles. The maximum Gasteiger partial charge on any atom is 0.260 e. The van der Waals surface area contributed by atoms with Crippen molar-refractivity contribution < 1.29 is 23.8 Å². The third-order valence-electron chi connectivity index (χ3n) is 4.60. The van der Waals surface area contributed by atoms with Crippen molar-refractivity contribution in [3.05, 3.63) is 58.1 Å². The van der Waals surface area contributed by atoms with Crippen LogP contribution in [0.4, 0.5) is 0 Å². The van der Waals surface area contributed by atoms with Crippen LogP contribution in [0.1, 0.15) is 11.1 Å². The van der Waals surface area contributed by atoms with Gasteiger partial charge < -0.3 is 19.1 Å². The molecule has 1 aliphatic rings. The van der Waals surface area contributed by atoms with Gasteiger partial charge in [0.05, 0.1) is 37.4 Å². The molecular formula is C22H24BrN3O5. The van der Waals surface area contributed by atoms with E-state index in [0.29, 0.717) is 36.5 Å². The minimum Gasteiger partial charge on any atom is -0.497 e. The number of nitrogens with one attached hydrogen (secondary N) is 1. The van der Waals surface area contributed by atoms with Crippen LogP contribution in [0, 0.1) is 0 Å². The zero-order chi connectivity index (χ0) is 22.1. The molecule has 9 heteroatoms. The van der Waals surface area contributed by atoms with Gasteiger partial charge >= 0.3 is 0 Å². The first kappa shape index (κ1) is 22.8. The van der Waals surface area contributed by atoms with Crippen molar-refractivity contribution in [3.63, 3.8) is 0 Å². The highest BCUT2D eigenvalue weighted by atomic mass is 79.9. The fourth-order valence-electron chi connectivity index (χ4n) is 2.91. The van der Waals surface area contributed by atoms with E-state index in [1.165, 1.54) is 0 Å². The Morgan fingerprint density at radius 1 is 1.19 bits per heavy atom. The minimum atomic E-state index is -0.220. The topological polar surface area (TPSA) is 89.5 Å². The molecule has 2 amide bonds. The van der Waals surface area contributed by atoms with Crippen molar-refractivity contribution in [3.8, 4) is 11.5 Å². The lowest BCUT2D eigenvalue weighted by atomic mass is 10.1. The van der Waals surface area contributed by atoms with E-state index in [1.807, 2.05) is 24.3 Å². The molecule has 0 radical (unpaired) electrons. The number of halogens is 1. The number of methoxy groups -OCH3 is 1. The maximum absolute atomic E-state index is 12.2. The molecule has 0 atom stereocenters. The molecule has 0 aromatic heterocycles. The fraction of sp³-hybridized carbons (Fsp3) is 0.318. The van der Waals surface area contributed by atoms with E-state index in [0.717, 1.165) is 16.9 Å². The number of ether oxygens (including phenoxy) is 3. The third-order valence-corrected chi connectivity index (χ3v) is 5.22.